The number of pyridine rings is 2. The van der Waals surface area contributed by atoms with Crippen LogP contribution in [0, 0.1) is 17.6 Å². The number of para-hydroxylation sites is 1. The van der Waals surface area contributed by atoms with E-state index in [1.165, 1.54) is 37.8 Å². The minimum absolute atomic E-state index is 0.0844. The van der Waals surface area contributed by atoms with Crippen LogP contribution >= 0.6 is 0 Å². The van der Waals surface area contributed by atoms with Gasteiger partial charge in [0.05, 0.1) is 33.9 Å². The first-order valence-electron chi connectivity index (χ1n) is 15.4. The third-order valence-electron chi connectivity index (χ3n) is 8.62. The molecule has 1 aliphatic carbocycles. The SMILES string of the molecule is CS(=O)(=O)CCc1cc(F)cc(-c2cccc3[nH]c(-c4n[nH]c5cnc(-c6cncc(CNCC7CCCC7)c6)c(F)c45)nc23)c1. The Bertz CT molecular complexity index is 2170. The fourth-order valence-electron chi connectivity index (χ4n) is 6.33. The van der Waals surface area contributed by atoms with Crippen molar-refractivity contribution in [3.05, 3.63) is 83.8 Å². The second kappa shape index (κ2) is 12.3. The van der Waals surface area contributed by atoms with E-state index in [1.54, 1.807) is 24.7 Å². The molecule has 0 unspecified atom stereocenters. The summed E-state index contributed by atoms with van der Waals surface area (Å²) in [5, 5.41) is 11.0. The number of aromatic nitrogens is 6. The number of fused-ring (bicyclic) bond motifs is 2. The van der Waals surface area contributed by atoms with Crippen LogP contribution in [0.3, 0.4) is 0 Å². The Morgan fingerprint density at radius 1 is 0.957 bits per heavy atom. The quantitative estimate of drug-likeness (QED) is 0.158. The molecule has 0 spiro atoms. The minimum Gasteiger partial charge on any atom is -0.337 e. The molecular formula is C34H33F2N7O2S. The average molecular weight is 642 g/mol. The topological polar surface area (TPSA) is 129 Å². The largest absolute Gasteiger partial charge is 0.337 e. The number of aryl methyl sites for hydroxylation is 1. The zero-order valence-corrected chi connectivity index (χ0v) is 26.1. The van der Waals surface area contributed by atoms with Crippen LogP contribution < -0.4 is 5.32 Å². The molecule has 4 heterocycles. The zero-order valence-electron chi connectivity index (χ0n) is 25.3. The summed E-state index contributed by atoms with van der Waals surface area (Å²) in [6.07, 6.45) is 11.4. The summed E-state index contributed by atoms with van der Waals surface area (Å²) in [4.78, 5) is 16.8. The number of H-pyrrole nitrogens is 2. The van der Waals surface area contributed by atoms with E-state index in [-0.39, 0.29) is 28.9 Å². The third kappa shape index (κ3) is 6.27. The number of sulfone groups is 1. The maximum Gasteiger partial charge on any atom is 0.161 e. The number of nitrogens with one attached hydrogen (secondary N) is 3. The van der Waals surface area contributed by atoms with Crippen LogP contribution in [0.15, 0.2) is 61.1 Å². The normalized spacial score (nSPS) is 14.2. The lowest BCUT2D eigenvalue weighted by atomic mass is 10.0. The average Bonchev–Trinajstić information content (AvgIpc) is 3.80. The molecular weight excluding hydrogens is 608 g/mol. The molecule has 9 nitrogen and oxygen atoms in total. The van der Waals surface area contributed by atoms with Crippen molar-refractivity contribution < 1.29 is 17.2 Å². The summed E-state index contributed by atoms with van der Waals surface area (Å²) < 4.78 is 54.3. The molecule has 0 bridgehead atoms. The standard InChI is InChI=1S/C34H33F2N7O2S/c1-46(44,45)10-9-21-11-23(14-25(35)13-21)26-7-4-8-27-32(26)41-34(40-27)33-29-28(42-43-33)19-39-31(30(29)36)24-12-22(17-38-18-24)16-37-15-20-5-2-3-6-20/h4,7-8,11-14,17-20,37H,2-3,5-6,9-10,15-16H2,1H3,(H,40,41)(H,42,43). The van der Waals surface area contributed by atoms with E-state index in [4.69, 9.17) is 4.98 Å². The van der Waals surface area contributed by atoms with Gasteiger partial charge in [0.1, 0.15) is 27.0 Å². The molecule has 0 aliphatic heterocycles. The number of hydrogen-bond donors (Lipinski definition) is 3. The summed E-state index contributed by atoms with van der Waals surface area (Å²) in [5.74, 6) is -0.0529. The van der Waals surface area contributed by atoms with Gasteiger partial charge >= 0.3 is 0 Å². The van der Waals surface area contributed by atoms with E-state index in [0.29, 0.717) is 57.1 Å². The van der Waals surface area contributed by atoms with Gasteiger partial charge in [0, 0.05) is 36.3 Å². The molecule has 4 aromatic heterocycles. The van der Waals surface area contributed by atoms with Gasteiger partial charge in [-0.3, -0.25) is 15.1 Å². The maximum atomic E-state index is 16.3. The summed E-state index contributed by atoms with van der Waals surface area (Å²) >= 11 is 0. The molecule has 1 fully saturated rings. The Morgan fingerprint density at radius 3 is 2.61 bits per heavy atom. The predicted octanol–water partition coefficient (Wildman–Crippen LogP) is 6.38. The molecule has 0 atom stereocenters. The minimum atomic E-state index is -3.21. The van der Waals surface area contributed by atoms with Gasteiger partial charge in [0.15, 0.2) is 11.6 Å². The van der Waals surface area contributed by atoms with Crippen molar-refractivity contribution in [1.29, 1.82) is 0 Å². The van der Waals surface area contributed by atoms with Gasteiger partial charge in [0.2, 0.25) is 0 Å². The van der Waals surface area contributed by atoms with E-state index < -0.39 is 21.5 Å². The van der Waals surface area contributed by atoms with Gasteiger partial charge in [-0.2, -0.15) is 5.10 Å². The highest BCUT2D eigenvalue weighted by molar-refractivity contribution is 7.90. The Labute approximate surface area is 264 Å². The molecule has 46 heavy (non-hydrogen) atoms. The summed E-state index contributed by atoms with van der Waals surface area (Å²) in [6, 6.07) is 11.9. The second-order valence-electron chi connectivity index (χ2n) is 12.2. The lowest BCUT2D eigenvalue weighted by molar-refractivity contribution is 0.489. The van der Waals surface area contributed by atoms with Crippen LogP contribution in [-0.4, -0.2) is 57.1 Å². The molecule has 1 aliphatic rings. The highest BCUT2D eigenvalue weighted by Crippen LogP contribution is 2.35. The number of aromatic amines is 2. The maximum absolute atomic E-state index is 16.3. The number of benzene rings is 2. The van der Waals surface area contributed by atoms with Crippen LogP contribution in [0.2, 0.25) is 0 Å². The van der Waals surface area contributed by atoms with E-state index in [9.17, 15) is 12.8 Å². The zero-order chi connectivity index (χ0) is 31.8. The molecule has 3 N–H and O–H groups in total. The fourth-order valence-corrected chi connectivity index (χ4v) is 6.93. The van der Waals surface area contributed by atoms with Gasteiger partial charge in [0.25, 0.3) is 0 Å². The highest BCUT2D eigenvalue weighted by atomic mass is 32.2. The van der Waals surface area contributed by atoms with E-state index >= 15 is 4.39 Å². The van der Waals surface area contributed by atoms with Gasteiger partial charge in [-0.05, 0) is 72.7 Å². The van der Waals surface area contributed by atoms with Crippen molar-refractivity contribution in [2.45, 2.75) is 38.6 Å². The molecule has 0 amide bonds. The molecule has 6 aromatic rings. The van der Waals surface area contributed by atoms with Crippen molar-refractivity contribution in [3.8, 4) is 33.9 Å². The van der Waals surface area contributed by atoms with Crippen LogP contribution in [0.4, 0.5) is 8.78 Å². The van der Waals surface area contributed by atoms with Crippen molar-refractivity contribution in [2.75, 3.05) is 18.6 Å². The number of halogens is 2. The van der Waals surface area contributed by atoms with Crippen molar-refractivity contribution in [3.63, 3.8) is 0 Å². The van der Waals surface area contributed by atoms with Crippen molar-refractivity contribution in [2.24, 2.45) is 5.92 Å². The van der Waals surface area contributed by atoms with Gasteiger partial charge in [-0.15, -0.1) is 0 Å². The van der Waals surface area contributed by atoms with Crippen LogP contribution in [0.1, 0.15) is 36.8 Å². The Morgan fingerprint density at radius 2 is 1.78 bits per heavy atom. The van der Waals surface area contributed by atoms with Gasteiger partial charge < -0.3 is 10.3 Å². The Hall–Kier alpha value is -4.55. The molecule has 0 saturated heterocycles. The highest BCUT2D eigenvalue weighted by Gasteiger charge is 2.22. The Balaban J connectivity index is 1.22. The van der Waals surface area contributed by atoms with Gasteiger partial charge in [-0.1, -0.05) is 31.0 Å². The predicted molar refractivity (Wildman–Crippen MR) is 175 cm³/mol. The smallest absolute Gasteiger partial charge is 0.161 e. The molecule has 236 valence electrons. The number of imidazole rings is 1. The molecule has 0 radical (unpaired) electrons. The first-order valence-corrected chi connectivity index (χ1v) is 17.4. The van der Waals surface area contributed by atoms with Crippen LogP contribution in [0.5, 0.6) is 0 Å². The van der Waals surface area contributed by atoms with Crippen molar-refractivity contribution >= 4 is 31.8 Å². The third-order valence-corrected chi connectivity index (χ3v) is 9.56. The monoisotopic (exact) mass is 641 g/mol. The first kappa shape index (κ1) is 30.1. The summed E-state index contributed by atoms with van der Waals surface area (Å²) in [6.45, 7) is 1.61. The van der Waals surface area contributed by atoms with Crippen molar-refractivity contribution in [1.82, 2.24) is 35.5 Å². The van der Waals surface area contributed by atoms with E-state index in [2.05, 4.69) is 30.5 Å². The first-order chi connectivity index (χ1) is 22.2. The van der Waals surface area contributed by atoms with Gasteiger partial charge in [-0.25, -0.2) is 22.2 Å². The lowest BCUT2D eigenvalue weighted by Crippen LogP contribution is -2.20. The fraction of sp³-hybridized carbons (Fsp3) is 0.294. The molecule has 12 heteroatoms. The lowest BCUT2D eigenvalue weighted by Gasteiger charge is -2.11. The molecule has 7 rings (SSSR count). The molecule has 1 saturated carbocycles. The van der Waals surface area contributed by atoms with Crippen LogP contribution in [-0.2, 0) is 22.8 Å². The Kier molecular flexibility index (Phi) is 8.07. The van der Waals surface area contributed by atoms with E-state index in [0.717, 1.165) is 18.4 Å². The second-order valence-corrected chi connectivity index (χ2v) is 14.4. The summed E-state index contributed by atoms with van der Waals surface area (Å²) in [5.41, 5.74) is 5.35. The molecule has 2 aromatic carbocycles. The number of rotatable bonds is 10. The number of nitrogens with zero attached hydrogens (tertiary/aromatic N) is 4. The summed E-state index contributed by atoms with van der Waals surface area (Å²) in [7, 11) is -3.21. The number of hydrogen-bond acceptors (Lipinski definition) is 7. The van der Waals surface area contributed by atoms with Crippen LogP contribution in [0.25, 0.3) is 55.8 Å². The van der Waals surface area contributed by atoms with E-state index in [1.807, 2.05) is 24.3 Å².